The minimum Gasteiger partial charge on any atom is -0.323 e. The lowest BCUT2D eigenvalue weighted by Gasteiger charge is -2.24. The predicted octanol–water partition coefficient (Wildman–Crippen LogP) is 1.16. The second-order valence-electron chi connectivity index (χ2n) is 3.49. The predicted molar refractivity (Wildman–Crippen MR) is 49.2 cm³/mol. The van der Waals surface area contributed by atoms with E-state index in [4.69, 9.17) is 0 Å². The van der Waals surface area contributed by atoms with Crippen molar-refractivity contribution in [2.45, 2.75) is 45.1 Å². The molecule has 74 valence electrons. The number of rotatable bonds is 4. The summed E-state index contributed by atoms with van der Waals surface area (Å²) in [5, 5.41) is 5.01. The number of carbonyl (C=O) groups excluding carboxylic acids is 2. The van der Waals surface area contributed by atoms with Crippen molar-refractivity contribution in [3.05, 3.63) is 0 Å². The smallest absolute Gasteiger partial charge is 0.322 e. The summed E-state index contributed by atoms with van der Waals surface area (Å²) in [7, 11) is 0. The average molecular weight is 183 g/mol. The van der Waals surface area contributed by atoms with Gasteiger partial charge in [0.2, 0.25) is 0 Å². The van der Waals surface area contributed by atoms with Gasteiger partial charge in [0.1, 0.15) is 5.54 Å². The molecule has 1 heterocycles. The molecule has 0 radical (unpaired) electrons. The largest absolute Gasteiger partial charge is 0.323 e. The van der Waals surface area contributed by atoms with Crippen LogP contribution in [0.3, 0.4) is 0 Å². The number of urea groups is 1. The molecule has 1 aliphatic heterocycles. The number of amides is 3. The van der Waals surface area contributed by atoms with Crippen LogP contribution in [0, 0.1) is 0 Å². The maximum absolute atomic E-state index is 11.5. The van der Waals surface area contributed by atoms with Crippen LogP contribution in [0.15, 0.2) is 0 Å². The molecule has 0 atom stereocenters. The van der Waals surface area contributed by atoms with E-state index >= 15 is 0 Å². The normalized spacial score (nSPS) is 19.8. The Labute approximate surface area is 78.1 Å². The lowest BCUT2D eigenvalue weighted by Crippen LogP contribution is -2.46. The Morgan fingerprint density at radius 2 is 1.69 bits per heavy atom. The molecular formula is C9H16N2O2. The van der Waals surface area contributed by atoms with Crippen molar-refractivity contribution in [3.63, 3.8) is 0 Å². The van der Waals surface area contributed by atoms with E-state index in [-0.39, 0.29) is 11.9 Å². The van der Waals surface area contributed by atoms with E-state index in [1.807, 2.05) is 13.8 Å². The van der Waals surface area contributed by atoms with Crippen molar-refractivity contribution in [2.24, 2.45) is 0 Å². The number of nitrogens with one attached hydrogen (secondary N) is 2. The minimum atomic E-state index is -0.624. The molecule has 4 heteroatoms. The van der Waals surface area contributed by atoms with Gasteiger partial charge in [-0.25, -0.2) is 4.79 Å². The van der Waals surface area contributed by atoms with Crippen LogP contribution in [0.4, 0.5) is 4.79 Å². The van der Waals surface area contributed by atoms with Crippen molar-refractivity contribution in [2.75, 3.05) is 0 Å². The molecule has 0 unspecified atom stereocenters. The third-order valence-corrected chi connectivity index (χ3v) is 2.37. The zero-order valence-corrected chi connectivity index (χ0v) is 8.14. The first-order valence-corrected chi connectivity index (χ1v) is 4.78. The van der Waals surface area contributed by atoms with Crippen LogP contribution < -0.4 is 10.6 Å². The first-order chi connectivity index (χ1) is 6.14. The van der Waals surface area contributed by atoms with Gasteiger partial charge in [-0.05, 0) is 12.8 Å². The van der Waals surface area contributed by atoms with E-state index in [9.17, 15) is 9.59 Å². The molecule has 0 saturated carbocycles. The Morgan fingerprint density at radius 1 is 1.15 bits per heavy atom. The average Bonchev–Trinajstić information content (AvgIpc) is 2.28. The molecule has 3 amide bonds. The van der Waals surface area contributed by atoms with E-state index in [2.05, 4.69) is 10.6 Å². The summed E-state index contributed by atoms with van der Waals surface area (Å²) < 4.78 is 0. The third-order valence-electron chi connectivity index (χ3n) is 2.37. The van der Waals surface area contributed by atoms with Crippen molar-refractivity contribution in [1.82, 2.24) is 10.6 Å². The van der Waals surface area contributed by atoms with Crippen LogP contribution >= 0.6 is 0 Å². The molecule has 13 heavy (non-hydrogen) atoms. The quantitative estimate of drug-likeness (QED) is 0.643. The Balaban J connectivity index is 2.77. The summed E-state index contributed by atoms with van der Waals surface area (Å²) >= 11 is 0. The second-order valence-corrected chi connectivity index (χ2v) is 3.49. The van der Waals surface area contributed by atoms with Crippen LogP contribution in [0.2, 0.25) is 0 Å². The first kappa shape index (κ1) is 10.0. The summed E-state index contributed by atoms with van der Waals surface area (Å²) in [4.78, 5) is 22.5. The molecule has 0 aromatic rings. The molecule has 1 rings (SSSR count). The summed E-state index contributed by atoms with van der Waals surface area (Å²) in [5.74, 6) is -0.166. The van der Waals surface area contributed by atoms with E-state index in [0.717, 1.165) is 25.7 Å². The van der Waals surface area contributed by atoms with Crippen molar-refractivity contribution in [1.29, 1.82) is 0 Å². The van der Waals surface area contributed by atoms with Crippen molar-refractivity contribution in [3.8, 4) is 0 Å². The molecule has 0 bridgehead atoms. The van der Waals surface area contributed by atoms with E-state index in [1.165, 1.54) is 0 Å². The first-order valence-electron chi connectivity index (χ1n) is 4.78. The van der Waals surface area contributed by atoms with Gasteiger partial charge in [0.15, 0.2) is 0 Å². The van der Waals surface area contributed by atoms with Gasteiger partial charge < -0.3 is 5.32 Å². The van der Waals surface area contributed by atoms with Crippen molar-refractivity contribution >= 4 is 11.9 Å². The Morgan fingerprint density at radius 3 is 2.00 bits per heavy atom. The van der Waals surface area contributed by atoms with Crippen LogP contribution in [0.5, 0.6) is 0 Å². The molecule has 1 saturated heterocycles. The highest BCUT2D eigenvalue weighted by molar-refractivity contribution is 6.06. The SMILES string of the molecule is CCCC1(CCC)NC(=O)N[11C]1=O. The summed E-state index contributed by atoms with van der Waals surface area (Å²) in [6, 6.07) is -0.355. The monoisotopic (exact) mass is 183 g/mol. The zero-order valence-electron chi connectivity index (χ0n) is 8.14. The fourth-order valence-corrected chi connectivity index (χ4v) is 1.86. The highest BCUT2D eigenvalue weighted by Gasteiger charge is 2.44. The molecule has 1 aliphatic rings. The van der Waals surface area contributed by atoms with E-state index < -0.39 is 5.54 Å². The van der Waals surface area contributed by atoms with Crippen molar-refractivity contribution < 1.29 is 9.59 Å². The number of hydrogen-bond acceptors (Lipinski definition) is 2. The lowest BCUT2D eigenvalue weighted by molar-refractivity contribution is -0.124. The number of carbonyl (C=O) groups is 2. The van der Waals surface area contributed by atoms with Gasteiger partial charge in [0.25, 0.3) is 5.91 Å². The Hall–Kier alpha value is -1.06. The summed E-state index contributed by atoms with van der Waals surface area (Å²) in [5.41, 5.74) is -0.624. The summed E-state index contributed by atoms with van der Waals surface area (Å²) in [6.07, 6.45) is 3.23. The Bertz CT molecular complexity index is 220. The number of imide groups is 1. The molecule has 0 spiro atoms. The van der Waals surface area contributed by atoms with Crippen LogP contribution in [-0.2, 0) is 4.79 Å². The van der Waals surface area contributed by atoms with Gasteiger partial charge in [-0.1, -0.05) is 26.7 Å². The highest BCUT2D eigenvalue weighted by atomic mass is 16.2. The van der Waals surface area contributed by atoms with Crippen LogP contribution in [0.1, 0.15) is 39.5 Å². The molecule has 2 N–H and O–H groups in total. The van der Waals surface area contributed by atoms with E-state index in [0.29, 0.717) is 0 Å². The molecule has 0 aromatic carbocycles. The molecule has 1 fully saturated rings. The molecule has 0 aliphatic carbocycles. The third kappa shape index (κ3) is 1.82. The highest BCUT2D eigenvalue weighted by Crippen LogP contribution is 2.22. The van der Waals surface area contributed by atoms with Gasteiger partial charge in [-0.15, -0.1) is 0 Å². The van der Waals surface area contributed by atoms with Crippen LogP contribution in [-0.4, -0.2) is 17.5 Å². The second kappa shape index (κ2) is 3.77. The van der Waals surface area contributed by atoms with Gasteiger partial charge in [0, 0.05) is 0 Å². The minimum absolute atomic E-state index is 0.166. The standard InChI is InChI=1S/C9H16N2O2/c1-3-5-9(6-4-2)7(12)10-8(13)11-9/h3-6H2,1-2H3,(H2,10,11,12,13)/i7-1. The topological polar surface area (TPSA) is 58.2 Å². The van der Waals surface area contributed by atoms with Crippen LogP contribution in [0.25, 0.3) is 0 Å². The lowest BCUT2D eigenvalue weighted by atomic mass is 9.69. The maximum atomic E-state index is 11.5. The maximum Gasteiger partial charge on any atom is 0.322 e. The van der Waals surface area contributed by atoms with Gasteiger partial charge in [0.05, 0.1) is 0 Å². The van der Waals surface area contributed by atoms with Gasteiger partial charge in [-0.2, -0.15) is 0 Å². The Kier molecular flexibility index (Phi) is 2.90. The molecule has 4 nitrogen and oxygen atoms in total. The van der Waals surface area contributed by atoms with Gasteiger partial charge >= 0.3 is 6.03 Å². The van der Waals surface area contributed by atoms with E-state index in [1.54, 1.807) is 0 Å². The summed E-state index contributed by atoms with van der Waals surface area (Å²) in [6.45, 7) is 4.02. The molecule has 0 aromatic heterocycles. The zero-order chi connectivity index (χ0) is 9.90. The molecular weight excluding hydrogens is 167 g/mol. The fraction of sp³-hybridized carbons (Fsp3) is 0.778. The number of hydrogen-bond donors (Lipinski definition) is 2. The fourth-order valence-electron chi connectivity index (χ4n) is 1.86. The van der Waals surface area contributed by atoms with Gasteiger partial charge in [-0.3, -0.25) is 10.1 Å².